The van der Waals surface area contributed by atoms with Crippen molar-refractivity contribution in [3.05, 3.63) is 46.5 Å². The molecule has 4 bridgehead atoms. The van der Waals surface area contributed by atoms with Crippen LogP contribution in [0.15, 0.2) is 35.9 Å². The predicted octanol–water partition coefficient (Wildman–Crippen LogP) is 5.83. The quantitative estimate of drug-likeness (QED) is 0.224. The van der Waals surface area contributed by atoms with E-state index >= 15 is 0 Å². The van der Waals surface area contributed by atoms with Gasteiger partial charge in [-0.05, 0) is 56.7 Å². The molecule has 0 spiro atoms. The predicted molar refractivity (Wildman–Crippen MR) is 174 cm³/mol. The largest absolute Gasteiger partial charge is 0.495 e. The first kappa shape index (κ1) is 35.4. The van der Waals surface area contributed by atoms with Gasteiger partial charge < -0.3 is 33.7 Å². The van der Waals surface area contributed by atoms with Crippen molar-refractivity contribution in [3.63, 3.8) is 0 Å². The van der Waals surface area contributed by atoms with E-state index in [2.05, 4.69) is 13.8 Å². The molecule has 0 aromatic heterocycles. The number of epoxide rings is 1. The molecule has 3 aliphatic heterocycles. The second kappa shape index (κ2) is 14.6. The fraction of sp³-hybridized carbons (Fsp3) is 0.657. The summed E-state index contributed by atoms with van der Waals surface area (Å²) in [6, 6.07) is 3.78. The summed E-state index contributed by atoms with van der Waals surface area (Å²) in [4.78, 5) is 28.3. The lowest BCUT2D eigenvalue weighted by Crippen LogP contribution is -2.53. The minimum atomic E-state index is -1.46. The normalized spacial score (nSPS) is 34.5. The lowest BCUT2D eigenvalue weighted by molar-refractivity contribution is -0.187. The van der Waals surface area contributed by atoms with Crippen LogP contribution in [0.5, 0.6) is 5.75 Å². The molecule has 2 fully saturated rings. The third-order valence-electron chi connectivity index (χ3n) is 9.45. The van der Waals surface area contributed by atoms with Crippen molar-refractivity contribution in [3.8, 4) is 5.75 Å². The summed E-state index contributed by atoms with van der Waals surface area (Å²) in [6.07, 6.45) is 5.77. The van der Waals surface area contributed by atoms with E-state index in [0.29, 0.717) is 35.4 Å². The molecule has 1 amide bonds. The Bertz CT molecular complexity index is 1300. The Morgan fingerprint density at radius 1 is 1.22 bits per heavy atom. The first-order valence-corrected chi connectivity index (χ1v) is 16.3. The van der Waals surface area contributed by atoms with Gasteiger partial charge in [0.15, 0.2) is 0 Å². The van der Waals surface area contributed by atoms with Crippen molar-refractivity contribution in [2.75, 3.05) is 32.8 Å². The van der Waals surface area contributed by atoms with Crippen LogP contribution in [0.4, 0.5) is 5.69 Å². The summed E-state index contributed by atoms with van der Waals surface area (Å²) in [5.41, 5.74) is 0.219. The molecule has 250 valence electrons. The standard InChI is InChI=1S/C35H50ClNO8/c1-21(2)11-10-14-43-29-18-30(38)37(6)25-16-24(17-26(41-7)32(25)36)15-22(3)12-9-13-28(42-8)35(40)19-27(44-31(39)20-35)23(4)33-34(29,5)45-33/h9,12-13,16-17,21,23,27-29,33,40H,10-11,14-15,18-20H2,1-8H3/b13-9+,22-12+/t23-,27+,28-,29+,33+,34+,35-/m1/s1. The van der Waals surface area contributed by atoms with E-state index in [9.17, 15) is 14.7 Å². The van der Waals surface area contributed by atoms with E-state index < -0.39 is 35.5 Å². The van der Waals surface area contributed by atoms with Gasteiger partial charge in [-0.1, -0.05) is 56.2 Å². The van der Waals surface area contributed by atoms with Crippen LogP contribution < -0.4 is 9.64 Å². The highest BCUT2D eigenvalue weighted by Crippen LogP contribution is 2.49. The number of halogens is 1. The molecule has 0 radical (unpaired) electrons. The maximum atomic E-state index is 13.9. The molecule has 45 heavy (non-hydrogen) atoms. The van der Waals surface area contributed by atoms with Crippen LogP contribution in [0.3, 0.4) is 0 Å². The van der Waals surface area contributed by atoms with Crippen molar-refractivity contribution < 1.29 is 38.4 Å². The number of esters is 1. The molecule has 1 aromatic carbocycles. The lowest BCUT2D eigenvalue weighted by atomic mass is 9.78. The van der Waals surface area contributed by atoms with Gasteiger partial charge in [0.1, 0.15) is 34.2 Å². The average Bonchev–Trinajstić information content (AvgIpc) is 3.67. The Morgan fingerprint density at radius 2 is 1.96 bits per heavy atom. The number of rotatable bonds is 7. The molecule has 0 saturated carbocycles. The molecule has 1 aromatic rings. The molecule has 7 atom stereocenters. The van der Waals surface area contributed by atoms with Crippen LogP contribution >= 0.6 is 11.6 Å². The van der Waals surface area contributed by atoms with Crippen molar-refractivity contribution in [1.29, 1.82) is 0 Å². The van der Waals surface area contributed by atoms with Crippen LogP contribution in [0, 0.1) is 11.8 Å². The van der Waals surface area contributed by atoms with Gasteiger partial charge in [0, 0.05) is 33.1 Å². The van der Waals surface area contributed by atoms with Crippen molar-refractivity contribution in [2.45, 2.75) is 109 Å². The number of anilines is 1. The van der Waals surface area contributed by atoms with E-state index in [1.165, 1.54) is 7.11 Å². The summed E-state index contributed by atoms with van der Waals surface area (Å²) in [7, 11) is 4.78. The Labute approximate surface area is 272 Å². The average molecular weight is 648 g/mol. The van der Waals surface area contributed by atoms with E-state index in [0.717, 1.165) is 24.0 Å². The number of fused-ring (bicyclic) bond motifs is 5. The minimum Gasteiger partial charge on any atom is -0.495 e. The van der Waals surface area contributed by atoms with E-state index in [1.54, 1.807) is 25.1 Å². The number of amides is 1. The zero-order valence-corrected chi connectivity index (χ0v) is 28.7. The SMILES string of the molecule is COc1cc2cc(c1Cl)N(C)C(=O)C[C@H](OCCCC(C)C)[C@]1(C)O[C@H]1[C@H](C)[C@@H]1C[C@@](O)(CC(=O)O1)[C@H](OC)/C=C/C=C(\C)C2. The number of benzene rings is 1. The Balaban J connectivity index is 1.74. The highest BCUT2D eigenvalue weighted by atomic mass is 35.5. The van der Waals surface area contributed by atoms with Crippen LogP contribution in [0.1, 0.15) is 72.3 Å². The maximum absolute atomic E-state index is 13.9. The van der Waals surface area contributed by atoms with Gasteiger partial charge in [-0.3, -0.25) is 9.59 Å². The van der Waals surface area contributed by atoms with E-state index in [-0.39, 0.29) is 37.2 Å². The second-order valence-electron chi connectivity index (χ2n) is 13.5. The molecule has 2 saturated heterocycles. The third-order valence-corrected chi connectivity index (χ3v) is 9.83. The van der Waals surface area contributed by atoms with Gasteiger partial charge in [0.25, 0.3) is 0 Å². The molecular formula is C35H50ClNO8. The Hall–Kier alpha value is -2.43. The number of hydrogen-bond acceptors (Lipinski definition) is 8. The molecule has 3 heterocycles. The van der Waals surface area contributed by atoms with Crippen LogP contribution in [0.2, 0.25) is 5.02 Å². The Kier molecular flexibility index (Phi) is 11.5. The number of hydrogen-bond donors (Lipinski definition) is 1. The van der Waals surface area contributed by atoms with Gasteiger partial charge in [-0.15, -0.1) is 0 Å². The summed E-state index contributed by atoms with van der Waals surface area (Å²) in [5, 5.41) is 12.1. The number of carbonyl (C=O) groups is 2. The fourth-order valence-electron chi connectivity index (χ4n) is 6.64. The monoisotopic (exact) mass is 647 g/mol. The molecular weight excluding hydrogens is 598 g/mol. The molecule has 0 unspecified atom stereocenters. The number of allylic oxidation sites excluding steroid dienone is 3. The summed E-state index contributed by atoms with van der Waals surface area (Å²) >= 11 is 6.75. The molecule has 0 aliphatic carbocycles. The van der Waals surface area contributed by atoms with Crippen molar-refractivity contribution >= 4 is 29.2 Å². The van der Waals surface area contributed by atoms with E-state index in [4.69, 9.17) is 35.3 Å². The zero-order valence-electron chi connectivity index (χ0n) is 27.9. The first-order chi connectivity index (χ1) is 21.2. The number of ether oxygens (including phenoxy) is 5. The maximum Gasteiger partial charge on any atom is 0.309 e. The third kappa shape index (κ3) is 8.11. The Morgan fingerprint density at radius 3 is 2.62 bits per heavy atom. The fourth-order valence-corrected chi connectivity index (χ4v) is 6.95. The molecule has 3 aliphatic rings. The summed E-state index contributed by atoms with van der Waals surface area (Å²) in [6.45, 7) is 10.7. The van der Waals surface area contributed by atoms with Gasteiger partial charge in [-0.2, -0.15) is 0 Å². The van der Waals surface area contributed by atoms with Gasteiger partial charge in [0.2, 0.25) is 5.91 Å². The van der Waals surface area contributed by atoms with Crippen molar-refractivity contribution in [1.82, 2.24) is 0 Å². The van der Waals surface area contributed by atoms with Gasteiger partial charge in [-0.25, -0.2) is 0 Å². The van der Waals surface area contributed by atoms with Crippen LogP contribution in [0.25, 0.3) is 0 Å². The number of carbonyl (C=O) groups excluding carboxylic acids is 2. The second-order valence-corrected chi connectivity index (χ2v) is 13.9. The zero-order chi connectivity index (χ0) is 33.1. The van der Waals surface area contributed by atoms with Crippen molar-refractivity contribution in [2.24, 2.45) is 11.8 Å². The number of nitrogens with zero attached hydrogens (tertiary/aromatic N) is 1. The summed E-state index contributed by atoms with van der Waals surface area (Å²) in [5.74, 6) is 0.0674. The highest BCUT2D eigenvalue weighted by molar-refractivity contribution is 6.35. The van der Waals surface area contributed by atoms with Crippen LogP contribution in [-0.2, 0) is 35.0 Å². The minimum absolute atomic E-state index is 0.0593. The van der Waals surface area contributed by atoms with Gasteiger partial charge in [0.05, 0.1) is 37.8 Å². The smallest absolute Gasteiger partial charge is 0.309 e. The molecule has 1 N–H and O–H groups in total. The molecule has 4 rings (SSSR count). The number of methoxy groups -OCH3 is 2. The van der Waals surface area contributed by atoms with Gasteiger partial charge >= 0.3 is 5.97 Å². The molecule has 10 heteroatoms. The molecule has 9 nitrogen and oxygen atoms in total. The lowest BCUT2D eigenvalue weighted by Gasteiger charge is -2.41. The first-order valence-electron chi connectivity index (χ1n) is 15.9. The van der Waals surface area contributed by atoms with E-state index in [1.807, 2.05) is 45.1 Å². The summed E-state index contributed by atoms with van der Waals surface area (Å²) < 4.78 is 29.8. The highest BCUT2D eigenvalue weighted by Gasteiger charge is 2.63. The number of aliphatic hydroxyl groups is 1. The topological polar surface area (TPSA) is 107 Å². The van der Waals surface area contributed by atoms with Crippen LogP contribution in [-0.4, -0.2) is 80.5 Å².